The van der Waals surface area contributed by atoms with E-state index < -0.39 is 22.9 Å². The Balaban J connectivity index is 1.78. The number of halogens is 3. The summed E-state index contributed by atoms with van der Waals surface area (Å²) in [7, 11) is -4.04. The van der Waals surface area contributed by atoms with Gasteiger partial charge in [0.1, 0.15) is 6.54 Å². The van der Waals surface area contributed by atoms with Crippen molar-refractivity contribution >= 4 is 10.2 Å². The van der Waals surface area contributed by atoms with E-state index in [-0.39, 0.29) is 19.1 Å². The van der Waals surface area contributed by atoms with Crippen LogP contribution in [0.3, 0.4) is 0 Å². The van der Waals surface area contributed by atoms with Crippen LogP contribution in [0.2, 0.25) is 0 Å². The summed E-state index contributed by atoms with van der Waals surface area (Å²) >= 11 is 0. The maximum atomic E-state index is 12.1. The van der Waals surface area contributed by atoms with Crippen molar-refractivity contribution in [2.75, 3.05) is 19.6 Å². The summed E-state index contributed by atoms with van der Waals surface area (Å²) in [5.41, 5.74) is 0. The SMILES string of the molecule is C[C@H]1CCC[C@@H]1NC1CCN(S(=O)(=O)NCC(F)(F)F)CC1. The zero-order valence-electron chi connectivity index (χ0n) is 12.7. The highest BCUT2D eigenvalue weighted by molar-refractivity contribution is 7.87. The minimum absolute atomic E-state index is 0.250. The molecule has 1 heterocycles. The molecule has 2 N–H and O–H groups in total. The monoisotopic (exact) mass is 343 g/mol. The molecule has 2 rings (SSSR count). The first-order chi connectivity index (χ1) is 10.2. The Bertz CT molecular complexity index is 462. The molecule has 0 aromatic rings. The van der Waals surface area contributed by atoms with Crippen molar-refractivity contribution in [2.45, 2.75) is 57.3 Å². The number of nitrogens with zero attached hydrogens (tertiary/aromatic N) is 1. The van der Waals surface area contributed by atoms with E-state index in [1.54, 1.807) is 4.72 Å². The second-order valence-corrected chi connectivity index (χ2v) is 8.05. The minimum Gasteiger partial charge on any atom is -0.311 e. The molecule has 0 bridgehead atoms. The summed E-state index contributed by atoms with van der Waals surface area (Å²) in [6.07, 6.45) is 0.310. The fraction of sp³-hybridized carbons (Fsp3) is 1.00. The number of piperidine rings is 1. The molecule has 0 unspecified atom stereocenters. The third kappa shape index (κ3) is 5.07. The highest BCUT2D eigenvalue weighted by Gasteiger charge is 2.34. The van der Waals surface area contributed by atoms with Gasteiger partial charge in [-0.05, 0) is 31.6 Å². The maximum absolute atomic E-state index is 12.1. The van der Waals surface area contributed by atoms with Gasteiger partial charge in [0.2, 0.25) is 0 Å². The van der Waals surface area contributed by atoms with Gasteiger partial charge in [0.25, 0.3) is 10.2 Å². The summed E-state index contributed by atoms with van der Waals surface area (Å²) in [6, 6.07) is 0.733. The van der Waals surface area contributed by atoms with Crippen molar-refractivity contribution in [3.05, 3.63) is 0 Å². The van der Waals surface area contributed by atoms with Crippen molar-refractivity contribution < 1.29 is 21.6 Å². The minimum atomic E-state index is -4.54. The second kappa shape index (κ2) is 7.02. The van der Waals surface area contributed by atoms with Crippen molar-refractivity contribution in [2.24, 2.45) is 5.92 Å². The van der Waals surface area contributed by atoms with E-state index in [9.17, 15) is 21.6 Å². The Morgan fingerprint density at radius 3 is 2.27 bits per heavy atom. The Kier molecular flexibility index (Phi) is 5.73. The van der Waals surface area contributed by atoms with Gasteiger partial charge in [-0.1, -0.05) is 13.3 Å². The van der Waals surface area contributed by atoms with Gasteiger partial charge in [0, 0.05) is 25.2 Å². The van der Waals surface area contributed by atoms with Crippen LogP contribution < -0.4 is 10.0 Å². The van der Waals surface area contributed by atoms with Crippen LogP contribution in [-0.2, 0) is 10.2 Å². The molecule has 2 aliphatic rings. The topological polar surface area (TPSA) is 61.4 Å². The average molecular weight is 343 g/mol. The predicted octanol–water partition coefficient (Wildman–Crippen LogP) is 1.63. The van der Waals surface area contributed by atoms with Crippen LogP contribution in [0.1, 0.15) is 39.0 Å². The fourth-order valence-electron chi connectivity index (χ4n) is 3.22. The molecule has 5 nitrogen and oxygen atoms in total. The molecule has 1 saturated heterocycles. The van der Waals surface area contributed by atoms with E-state index in [0.29, 0.717) is 24.8 Å². The Morgan fingerprint density at radius 2 is 1.77 bits per heavy atom. The summed E-state index contributed by atoms with van der Waals surface area (Å²) in [5.74, 6) is 0.634. The Hall–Kier alpha value is -0.380. The molecule has 130 valence electrons. The van der Waals surface area contributed by atoms with Crippen molar-refractivity contribution in [1.82, 2.24) is 14.3 Å². The highest BCUT2D eigenvalue weighted by atomic mass is 32.2. The molecular weight excluding hydrogens is 319 g/mol. The number of hydrogen-bond donors (Lipinski definition) is 2. The van der Waals surface area contributed by atoms with Crippen LogP contribution in [0, 0.1) is 5.92 Å². The van der Waals surface area contributed by atoms with E-state index in [2.05, 4.69) is 12.2 Å². The first-order valence-corrected chi connectivity index (χ1v) is 9.19. The first kappa shape index (κ1) is 18.0. The molecule has 0 amide bonds. The molecule has 2 fully saturated rings. The zero-order valence-corrected chi connectivity index (χ0v) is 13.5. The first-order valence-electron chi connectivity index (χ1n) is 7.75. The lowest BCUT2D eigenvalue weighted by Gasteiger charge is -2.34. The molecular formula is C13H24F3N3O2S. The van der Waals surface area contributed by atoms with Gasteiger partial charge in [-0.15, -0.1) is 0 Å². The zero-order chi connectivity index (χ0) is 16.4. The lowest BCUT2D eigenvalue weighted by molar-refractivity contribution is -0.121. The second-order valence-electron chi connectivity index (χ2n) is 6.30. The van der Waals surface area contributed by atoms with Crippen LogP contribution in [0.5, 0.6) is 0 Å². The molecule has 2 atom stereocenters. The molecule has 0 spiro atoms. The Morgan fingerprint density at radius 1 is 1.14 bits per heavy atom. The molecule has 0 aromatic carbocycles. The van der Waals surface area contributed by atoms with E-state index in [4.69, 9.17) is 0 Å². The van der Waals surface area contributed by atoms with Crippen LogP contribution in [0.15, 0.2) is 0 Å². The summed E-state index contributed by atoms with van der Waals surface area (Å²) in [4.78, 5) is 0. The van der Waals surface area contributed by atoms with Gasteiger partial charge in [-0.3, -0.25) is 0 Å². The fourth-order valence-corrected chi connectivity index (χ4v) is 4.44. The number of nitrogens with one attached hydrogen (secondary N) is 2. The van der Waals surface area contributed by atoms with Crippen molar-refractivity contribution in [1.29, 1.82) is 0 Å². The van der Waals surface area contributed by atoms with Crippen LogP contribution in [0.4, 0.5) is 13.2 Å². The molecule has 1 saturated carbocycles. The Labute approximate surface area is 129 Å². The molecule has 9 heteroatoms. The molecule has 22 heavy (non-hydrogen) atoms. The number of rotatable bonds is 5. The molecule has 1 aliphatic heterocycles. The van der Waals surface area contributed by atoms with E-state index >= 15 is 0 Å². The van der Waals surface area contributed by atoms with Gasteiger partial charge in [-0.25, -0.2) is 0 Å². The summed E-state index contributed by atoms with van der Waals surface area (Å²) in [6.45, 7) is 1.20. The van der Waals surface area contributed by atoms with E-state index in [1.165, 1.54) is 12.8 Å². The van der Waals surface area contributed by atoms with Crippen LogP contribution in [0.25, 0.3) is 0 Å². The number of hydrogen-bond acceptors (Lipinski definition) is 3. The van der Waals surface area contributed by atoms with Crippen molar-refractivity contribution in [3.63, 3.8) is 0 Å². The van der Waals surface area contributed by atoms with E-state index in [0.717, 1.165) is 10.7 Å². The summed E-state index contributed by atoms with van der Waals surface area (Å²) in [5, 5.41) is 3.57. The van der Waals surface area contributed by atoms with Gasteiger partial charge >= 0.3 is 6.18 Å². The van der Waals surface area contributed by atoms with Gasteiger partial charge < -0.3 is 5.32 Å². The largest absolute Gasteiger partial charge is 0.402 e. The predicted molar refractivity (Wildman–Crippen MR) is 77.5 cm³/mol. The maximum Gasteiger partial charge on any atom is 0.402 e. The van der Waals surface area contributed by atoms with E-state index in [1.807, 2.05) is 0 Å². The highest BCUT2D eigenvalue weighted by Crippen LogP contribution is 2.26. The molecule has 0 aromatic heterocycles. The standard InChI is InChI=1S/C13H24F3N3O2S/c1-10-3-2-4-12(10)18-11-5-7-19(8-6-11)22(20,21)17-9-13(14,15)16/h10-12,17-18H,2-9H2,1H3/t10-,12-/m0/s1. The lowest BCUT2D eigenvalue weighted by atomic mass is 10.0. The smallest absolute Gasteiger partial charge is 0.311 e. The molecule has 0 radical (unpaired) electrons. The average Bonchev–Trinajstić information content (AvgIpc) is 2.82. The lowest BCUT2D eigenvalue weighted by Crippen LogP contribution is -2.51. The van der Waals surface area contributed by atoms with Crippen LogP contribution >= 0.6 is 0 Å². The molecule has 1 aliphatic carbocycles. The third-order valence-corrected chi connectivity index (χ3v) is 6.11. The van der Waals surface area contributed by atoms with Gasteiger partial charge in [-0.2, -0.15) is 30.6 Å². The van der Waals surface area contributed by atoms with Crippen LogP contribution in [-0.4, -0.2) is 50.6 Å². The summed E-state index contributed by atoms with van der Waals surface area (Å²) < 4.78 is 62.8. The quantitative estimate of drug-likeness (QED) is 0.798. The third-order valence-electron chi connectivity index (χ3n) is 4.56. The normalized spacial score (nSPS) is 29.1. The van der Waals surface area contributed by atoms with Crippen molar-refractivity contribution in [3.8, 4) is 0 Å². The number of alkyl halides is 3. The van der Waals surface area contributed by atoms with Gasteiger partial charge in [0.05, 0.1) is 0 Å². The van der Waals surface area contributed by atoms with Gasteiger partial charge in [0.15, 0.2) is 0 Å².